The number of likely N-dealkylation sites (N-methyl/N-ethyl adjacent to an activating group) is 1. The van der Waals surface area contributed by atoms with E-state index in [0.717, 1.165) is 0 Å². The Morgan fingerprint density at radius 1 is 1.44 bits per heavy atom. The molecule has 0 saturated heterocycles. The molecule has 0 fully saturated rings. The lowest BCUT2D eigenvalue weighted by molar-refractivity contribution is -0.122. The fourth-order valence-electron chi connectivity index (χ4n) is 1.40. The van der Waals surface area contributed by atoms with Crippen LogP contribution in [0.1, 0.15) is 19.4 Å². The molecular weight excluding hydrogens is 202 g/mol. The van der Waals surface area contributed by atoms with Gasteiger partial charge in [-0.25, -0.2) is 0 Å². The van der Waals surface area contributed by atoms with Crippen LogP contribution in [0.4, 0.5) is 5.69 Å². The smallest absolute Gasteiger partial charge is 0.246 e. The quantitative estimate of drug-likeness (QED) is 0.810. The Kier molecular flexibility index (Phi) is 3.31. The average Bonchev–Trinajstić information content (AvgIpc) is 2.25. The molecule has 1 amide bonds. The minimum Gasteiger partial charge on any atom is -0.318 e. The lowest BCUT2D eigenvalue weighted by atomic mass is 10.0. The standard InChI is InChI=1S/C12H15N3O/c1-12(2,14)11(16)15(3)10-7-5-4-6-9(10)8-13/h4-7H,14H2,1-3H3. The Bertz CT molecular complexity index is 440. The van der Waals surface area contributed by atoms with Gasteiger partial charge < -0.3 is 10.6 Å². The van der Waals surface area contributed by atoms with Gasteiger partial charge in [-0.05, 0) is 26.0 Å². The van der Waals surface area contributed by atoms with E-state index in [9.17, 15) is 4.79 Å². The van der Waals surface area contributed by atoms with Crippen molar-refractivity contribution in [2.75, 3.05) is 11.9 Å². The molecular formula is C12H15N3O. The normalized spacial score (nSPS) is 10.7. The lowest BCUT2D eigenvalue weighted by Gasteiger charge is -2.26. The molecule has 0 spiro atoms. The number of hydrogen-bond acceptors (Lipinski definition) is 3. The highest BCUT2D eigenvalue weighted by molar-refractivity contribution is 5.99. The minimum absolute atomic E-state index is 0.227. The van der Waals surface area contributed by atoms with Gasteiger partial charge in [-0.3, -0.25) is 4.79 Å². The molecule has 0 bridgehead atoms. The Balaban J connectivity index is 3.11. The van der Waals surface area contributed by atoms with Crippen molar-refractivity contribution >= 4 is 11.6 Å². The Labute approximate surface area is 95.3 Å². The van der Waals surface area contributed by atoms with E-state index in [1.165, 1.54) is 4.90 Å². The van der Waals surface area contributed by atoms with Gasteiger partial charge in [0.15, 0.2) is 0 Å². The van der Waals surface area contributed by atoms with E-state index in [0.29, 0.717) is 11.3 Å². The summed E-state index contributed by atoms with van der Waals surface area (Å²) < 4.78 is 0. The summed E-state index contributed by atoms with van der Waals surface area (Å²) in [5.74, 6) is -0.227. The van der Waals surface area contributed by atoms with Gasteiger partial charge in [0.05, 0.1) is 16.8 Å². The number of nitriles is 1. The summed E-state index contributed by atoms with van der Waals surface area (Å²) in [7, 11) is 1.62. The number of para-hydroxylation sites is 1. The van der Waals surface area contributed by atoms with Crippen LogP contribution in [-0.2, 0) is 4.79 Å². The van der Waals surface area contributed by atoms with Gasteiger partial charge in [0, 0.05) is 7.05 Å². The highest BCUT2D eigenvalue weighted by atomic mass is 16.2. The summed E-state index contributed by atoms with van der Waals surface area (Å²) in [5.41, 5.74) is 5.83. The van der Waals surface area contributed by atoms with E-state index >= 15 is 0 Å². The molecule has 1 aromatic carbocycles. The molecule has 4 nitrogen and oxygen atoms in total. The van der Waals surface area contributed by atoms with Crippen molar-refractivity contribution in [2.24, 2.45) is 5.73 Å². The molecule has 0 atom stereocenters. The van der Waals surface area contributed by atoms with E-state index in [2.05, 4.69) is 0 Å². The zero-order valence-corrected chi connectivity index (χ0v) is 9.69. The molecule has 4 heteroatoms. The van der Waals surface area contributed by atoms with Crippen LogP contribution in [0.5, 0.6) is 0 Å². The molecule has 2 N–H and O–H groups in total. The van der Waals surface area contributed by atoms with Crippen molar-refractivity contribution in [2.45, 2.75) is 19.4 Å². The SMILES string of the molecule is CN(C(=O)C(C)(C)N)c1ccccc1C#N. The zero-order valence-electron chi connectivity index (χ0n) is 9.69. The summed E-state index contributed by atoms with van der Waals surface area (Å²) in [4.78, 5) is 13.3. The topological polar surface area (TPSA) is 70.1 Å². The first kappa shape index (κ1) is 12.2. The molecule has 0 saturated carbocycles. The maximum Gasteiger partial charge on any atom is 0.246 e. The maximum atomic E-state index is 11.9. The molecule has 0 heterocycles. The van der Waals surface area contributed by atoms with Gasteiger partial charge in [0.1, 0.15) is 6.07 Å². The predicted molar refractivity (Wildman–Crippen MR) is 62.8 cm³/mol. The molecule has 0 unspecified atom stereocenters. The van der Waals surface area contributed by atoms with Gasteiger partial charge in [0.25, 0.3) is 0 Å². The third kappa shape index (κ3) is 2.38. The van der Waals surface area contributed by atoms with Crippen LogP contribution in [0.2, 0.25) is 0 Å². The van der Waals surface area contributed by atoms with Crippen molar-refractivity contribution in [1.82, 2.24) is 0 Å². The van der Waals surface area contributed by atoms with E-state index in [1.54, 1.807) is 45.2 Å². The van der Waals surface area contributed by atoms with Gasteiger partial charge in [-0.15, -0.1) is 0 Å². The second-order valence-electron chi connectivity index (χ2n) is 4.21. The highest BCUT2D eigenvalue weighted by Gasteiger charge is 2.27. The molecule has 0 aliphatic heterocycles. The van der Waals surface area contributed by atoms with Crippen LogP contribution in [-0.4, -0.2) is 18.5 Å². The van der Waals surface area contributed by atoms with E-state index < -0.39 is 5.54 Å². The number of hydrogen-bond donors (Lipinski definition) is 1. The lowest BCUT2D eigenvalue weighted by Crippen LogP contribution is -2.50. The maximum absolute atomic E-state index is 11.9. The van der Waals surface area contributed by atoms with Gasteiger partial charge in [-0.1, -0.05) is 12.1 Å². The first-order valence-electron chi connectivity index (χ1n) is 4.94. The van der Waals surface area contributed by atoms with Gasteiger partial charge >= 0.3 is 0 Å². The number of rotatable bonds is 2. The third-order valence-corrected chi connectivity index (χ3v) is 2.24. The van der Waals surface area contributed by atoms with Crippen molar-refractivity contribution < 1.29 is 4.79 Å². The monoisotopic (exact) mass is 217 g/mol. The van der Waals surface area contributed by atoms with Crippen LogP contribution < -0.4 is 10.6 Å². The fourth-order valence-corrected chi connectivity index (χ4v) is 1.40. The number of amides is 1. The van der Waals surface area contributed by atoms with Crippen molar-refractivity contribution in [3.05, 3.63) is 29.8 Å². The van der Waals surface area contributed by atoms with Crippen molar-refractivity contribution in [3.63, 3.8) is 0 Å². The Hall–Kier alpha value is -1.86. The molecule has 1 aromatic rings. The highest BCUT2D eigenvalue weighted by Crippen LogP contribution is 2.20. The number of carbonyl (C=O) groups excluding carboxylic acids is 1. The van der Waals surface area contributed by atoms with Crippen LogP contribution in [0, 0.1) is 11.3 Å². The van der Waals surface area contributed by atoms with Crippen LogP contribution in [0.3, 0.4) is 0 Å². The average molecular weight is 217 g/mol. The third-order valence-electron chi connectivity index (χ3n) is 2.24. The second kappa shape index (κ2) is 4.33. The molecule has 0 radical (unpaired) electrons. The van der Waals surface area contributed by atoms with Gasteiger partial charge in [-0.2, -0.15) is 5.26 Å². The summed E-state index contributed by atoms with van der Waals surface area (Å²) in [6.45, 7) is 3.28. The summed E-state index contributed by atoms with van der Waals surface area (Å²) in [5, 5.41) is 8.93. The van der Waals surface area contributed by atoms with Crippen molar-refractivity contribution in [3.8, 4) is 6.07 Å². The van der Waals surface area contributed by atoms with Crippen molar-refractivity contribution in [1.29, 1.82) is 5.26 Å². The number of anilines is 1. The minimum atomic E-state index is -0.947. The summed E-state index contributed by atoms with van der Waals surface area (Å²) in [6.07, 6.45) is 0. The number of nitrogens with two attached hydrogens (primary N) is 1. The Morgan fingerprint density at radius 2 is 2.00 bits per heavy atom. The molecule has 16 heavy (non-hydrogen) atoms. The molecule has 0 aromatic heterocycles. The molecule has 0 aliphatic rings. The summed E-state index contributed by atoms with van der Waals surface area (Å²) >= 11 is 0. The molecule has 84 valence electrons. The van der Waals surface area contributed by atoms with E-state index in [-0.39, 0.29) is 5.91 Å². The summed E-state index contributed by atoms with van der Waals surface area (Å²) in [6, 6.07) is 8.98. The first-order valence-corrected chi connectivity index (χ1v) is 4.94. The van der Waals surface area contributed by atoms with Gasteiger partial charge in [0.2, 0.25) is 5.91 Å². The van der Waals surface area contributed by atoms with Crippen LogP contribution in [0.15, 0.2) is 24.3 Å². The van der Waals surface area contributed by atoms with Crippen LogP contribution >= 0.6 is 0 Å². The van der Waals surface area contributed by atoms with E-state index in [1.807, 2.05) is 6.07 Å². The molecule has 0 aliphatic carbocycles. The Morgan fingerprint density at radius 3 is 2.50 bits per heavy atom. The zero-order chi connectivity index (χ0) is 12.3. The number of benzene rings is 1. The van der Waals surface area contributed by atoms with E-state index in [4.69, 9.17) is 11.0 Å². The molecule has 1 rings (SSSR count). The first-order chi connectivity index (χ1) is 7.38. The largest absolute Gasteiger partial charge is 0.318 e. The number of nitrogens with zero attached hydrogens (tertiary/aromatic N) is 2. The number of carbonyl (C=O) groups is 1. The second-order valence-corrected chi connectivity index (χ2v) is 4.21. The van der Waals surface area contributed by atoms with Crippen LogP contribution in [0.25, 0.3) is 0 Å². The fraction of sp³-hybridized carbons (Fsp3) is 0.333. The predicted octanol–water partition coefficient (Wildman–Crippen LogP) is 1.26.